The number of nitriles is 18. The fraction of sp³-hybridized carbons (Fsp3) is 0. The predicted molar refractivity (Wildman–Crippen MR) is 101 cm³/mol. The van der Waals surface area contributed by atoms with Crippen LogP contribution in [0.25, 0.3) is 0 Å². The van der Waals surface area contributed by atoms with Gasteiger partial charge in [-0.1, -0.05) is 0 Å². The SMILES string of the molecule is N#[C][Ru-2]([C]#N)([C]#N)([C]#N)([C]#N)[C]#N.N#[C][Ru-2]([C]#N)([C]#N)([C]#N)([C]#N)[C]#N.N#[C][Ru-2]([C]#N)([C]#N)([C]#N)([C]#N)[C]#N.[Ru+3].[Ru+3]. The summed E-state index contributed by atoms with van der Waals surface area (Å²) in [5.41, 5.74) is 0. The molecule has 0 atom stereocenters. The Kier molecular flexibility index (Phi) is 12.4. The Bertz CT molecular complexity index is 1410. The first kappa shape index (κ1) is 44.9. The van der Waals surface area contributed by atoms with Crippen molar-refractivity contribution >= 4 is 0 Å². The number of nitrogens with zero attached hydrogens (tertiary/aromatic N) is 18. The molecule has 0 saturated heterocycles. The Morgan fingerprint density at radius 3 is 0.220 bits per heavy atom. The topological polar surface area (TPSA) is 428 Å². The maximum atomic E-state index is 8.59. The van der Waals surface area contributed by atoms with Crippen LogP contribution in [0.15, 0.2) is 0 Å². The summed E-state index contributed by atoms with van der Waals surface area (Å²) in [6, 6.07) is 0. The Hall–Kier alpha value is -6.06. The van der Waals surface area contributed by atoms with Crippen LogP contribution >= 0.6 is 0 Å². The molecule has 0 aromatic rings. The molecule has 0 aromatic carbocycles. The summed E-state index contributed by atoms with van der Waals surface area (Å²) in [4.78, 5) is 0. The largest absolute Gasteiger partial charge is 3.00 e. The minimum absolute atomic E-state index is 0. The Morgan fingerprint density at radius 2 is 0.220 bits per heavy atom. The van der Waals surface area contributed by atoms with Gasteiger partial charge in [-0.25, -0.2) is 0 Å². The average Bonchev–Trinajstić information content (AvgIpc) is 3.06. The van der Waals surface area contributed by atoms with Crippen molar-refractivity contribution in [2.75, 3.05) is 0 Å². The van der Waals surface area contributed by atoms with Crippen molar-refractivity contribution in [3.63, 3.8) is 0 Å². The average molecular weight is 974 g/mol. The molecule has 0 aliphatic heterocycles. The fourth-order valence-corrected chi connectivity index (χ4v) is 4.71. The van der Waals surface area contributed by atoms with Crippen LogP contribution in [0, 0.1) is 179 Å². The molecular formula is C18N18Ru5. The quantitative estimate of drug-likeness (QED) is 0.294. The normalized spacial score (nSPS) is 12.7. The molecule has 0 amide bonds. The van der Waals surface area contributed by atoms with Gasteiger partial charge >= 0.3 is 255 Å². The van der Waals surface area contributed by atoms with Crippen molar-refractivity contribution in [2.45, 2.75) is 0 Å². The van der Waals surface area contributed by atoms with E-state index in [1.54, 1.807) is 0 Å². The molecule has 0 heterocycles. The monoisotopic (exact) mass is 978 g/mol. The van der Waals surface area contributed by atoms with Gasteiger partial charge in [0, 0.05) is 0 Å². The summed E-state index contributed by atoms with van der Waals surface area (Å²) in [6.45, 7) is 0. The standard InChI is InChI=1S/18CN.5Ru/c18*1-2;;;;;/q;;;;;;;;;;;;;;;;;;3*-2;2*+3. The van der Waals surface area contributed by atoms with E-state index in [0.717, 1.165) is 83.9 Å². The Morgan fingerprint density at radius 1 is 0.171 bits per heavy atom. The van der Waals surface area contributed by atoms with E-state index in [1.165, 1.54) is 0 Å². The van der Waals surface area contributed by atoms with Crippen LogP contribution < -0.4 is 0 Å². The first-order valence-corrected chi connectivity index (χ1v) is 22.8. The van der Waals surface area contributed by atoms with Gasteiger partial charge in [0.2, 0.25) is 0 Å². The van der Waals surface area contributed by atoms with Gasteiger partial charge in [0.15, 0.2) is 0 Å². The van der Waals surface area contributed by atoms with Crippen LogP contribution in [0.5, 0.6) is 0 Å². The summed E-state index contributed by atoms with van der Waals surface area (Å²) < 4.78 is 19.1. The van der Waals surface area contributed by atoms with Crippen molar-refractivity contribution in [1.29, 1.82) is 94.7 Å². The molecule has 0 spiro atoms. The molecule has 0 saturated carbocycles. The molecule has 0 fully saturated rings. The second-order valence-corrected chi connectivity index (χ2v) is 31.9. The van der Waals surface area contributed by atoms with E-state index < -0.39 is 37.3 Å². The summed E-state index contributed by atoms with van der Waals surface area (Å²) in [7, 11) is 0. The summed E-state index contributed by atoms with van der Waals surface area (Å²) >= 11 is -19.6. The molecule has 0 unspecified atom stereocenters. The van der Waals surface area contributed by atoms with Gasteiger partial charge in [0.1, 0.15) is 0 Å². The molecule has 0 aliphatic rings. The van der Waals surface area contributed by atoms with Crippen molar-refractivity contribution in [3.05, 3.63) is 0 Å². The first-order chi connectivity index (χ1) is 17.9. The molecule has 0 aromatic heterocycles. The zero-order valence-corrected chi connectivity index (χ0v) is 27.5. The zero-order valence-electron chi connectivity index (χ0n) is 18.8. The van der Waals surface area contributed by atoms with Crippen LogP contribution in [-0.4, -0.2) is 0 Å². The van der Waals surface area contributed by atoms with E-state index >= 15 is 0 Å². The van der Waals surface area contributed by atoms with Crippen LogP contribution in [-0.2, 0) is 76.2 Å². The molecule has 0 rings (SSSR count). The predicted octanol–water partition coefficient (Wildman–Crippen LogP) is 0.290. The number of hydrogen-bond acceptors (Lipinski definition) is 18. The molecule has 18 nitrogen and oxygen atoms in total. The van der Waals surface area contributed by atoms with Gasteiger partial charge in [0.25, 0.3) is 0 Å². The third kappa shape index (κ3) is 4.91. The van der Waals surface area contributed by atoms with Crippen LogP contribution in [0.3, 0.4) is 0 Å². The van der Waals surface area contributed by atoms with Gasteiger partial charge in [-0.2, -0.15) is 0 Å². The van der Waals surface area contributed by atoms with Gasteiger partial charge in [0.05, 0.1) is 0 Å². The molecule has 0 bridgehead atoms. The number of rotatable bonds is 0. The number of hydrogen-bond donors (Lipinski definition) is 0. The zero-order chi connectivity index (χ0) is 32.0. The van der Waals surface area contributed by atoms with Gasteiger partial charge < -0.3 is 0 Å². The van der Waals surface area contributed by atoms with Crippen molar-refractivity contribution in [1.82, 2.24) is 0 Å². The summed E-state index contributed by atoms with van der Waals surface area (Å²) in [6.07, 6.45) is 0. The van der Waals surface area contributed by atoms with Gasteiger partial charge in [-0.15, -0.1) is 0 Å². The van der Waals surface area contributed by atoms with Crippen molar-refractivity contribution in [3.8, 4) is 83.9 Å². The van der Waals surface area contributed by atoms with E-state index in [4.69, 9.17) is 94.7 Å². The molecule has 41 heavy (non-hydrogen) atoms. The Balaban J connectivity index is -0.000000154. The first-order valence-electron chi connectivity index (χ1n) is 7.21. The molecular weight excluding hydrogens is 974 g/mol. The van der Waals surface area contributed by atoms with E-state index in [9.17, 15) is 0 Å². The maximum absolute atomic E-state index is 8.59. The van der Waals surface area contributed by atoms with E-state index in [0.29, 0.717) is 0 Å². The molecule has 202 valence electrons. The summed E-state index contributed by atoms with van der Waals surface area (Å²) in [5.74, 6) is 0. The Labute approximate surface area is 252 Å². The van der Waals surface area contributed by atoms with Crippen LogP contribution in [0.1, 0.15) is 0 Å². The van der Waals surface area contributed by atoms with E-state index in [1.807, 2.05) is 0 Å². The minimum Gasteiger partial charge on any atom is 3.00 e. The molecule has 0 aliphatic carbocycles. The molecule has 2 radical (unpaired) electrons. The van der Waals surface area contributed by atoms with Crippen molar-refractivity contribution < 1.29 is 76.2 Å². The second kappa shape index (κ2) is 11.4. The third-order valence-electron chi connectivity index (χ3n) is 3.56. The van der Waals surface area contributed by atoms with Gasteiger partial charge in [-0.3, -0.25) is 0 Å². The van der Waals surface area contributed by atoms with E-state index in [2.05, 4.69) is 0 Å². The third-order valence-corrected chi connectivity index (χ3v) is 21.0. The van der Waals surface area contributed by atoms with Crippen LogP contribution in [0.2, 0.25) is 0 Å². The van der Waals surface area contributed by atoms with E-state index in [-0.39, 0.29) is 39.0 Å². The maximum Gasteiger partial charge on any atom is 3.00 e. The van der Waals surface area contributed by atoms with Crippen LogP contribution in [0.4, 0.5) is 0 Å². The van der Waals surface area contributed by atoms with Gasteiger partial charge in [-0.05, 0) is 0 Å². The smallest absolute Gasteiger partial charge is 3.00 e. The fourth-order valence-electron chi connectivity index (χ4n) is 0.795. The minimum atomic E-state index is -6.55. The molecule has 0 N–H and O–H groups in total. The van der Waals surface area contributed by atoms with Crippen molar-refractivity contribution in [2.24, 2.45) is 0 Å². The summed E-state index contributed by atoms with van der Waals surface area (Å²) in [5, 5.41) is 155. The second-order valence-electron chi connectivity index (χ2n) is 5.40. The molecule has 23 heteroatoms.